The lowest BCUT2D eigenvalue weighted by molar-refractivity contribution is 0.569. The monoisotopic (exact) mass is 801 g/mol. The van der Waals surface area contributed by atoms with E-state index in [9.17, 15) is 0 Å². The average Bonchev–Trinajstić information content (AvgIpc) is 3.67. The van der Waals surface area contributed by atoms with Gasteiger partial charge >= 0.3 is 0 Å². The fraction of sp³-hybridized carbons (Fsp3) is 0.133. The summed E-state index contributed by atoms with van der Waals surface area (Å²) in [5, 5.41) is 4.73. The van der Waals surface area contributed by atoms with E-state index in [-0.39, 0.29) is 10.8 Å². The van der Waals surface area contributed by atoms with Gasteiger partial charge in [-0.05, 0) is 120 Å². The minimum atomic E-state index is -0.00105. The molecular formula is C60H51NO. The van der Waals surface area contributed by atoms with E-state index in [0.717, 1.165) is 55.7 Å². The summed E-state index contributed by atoms with van der Waals surface area (Å²) >= 11 is 0. The average molecular weight is 802 g/mol. The maximum Gasteiger partial charge on any atom is 0.136 e. The molecule has 0 unspecified atom stereocenters. The van der Waals surface area contributed by atoms with E-state index in [4.69, 9.17) is 4.42 Å². The van der Waals surface area contributed by atoms with Crippen molar-refractivity contribution in [3.05, 3.63) is 211 Å². The molecule has 0 saturated carbocycles. The number of para-hydroxylation sites is 2. The molecule has 9 aromatic carbocycles. The lowest BCUT2D eigenvalue weighted by Gasteiger charge is -2.29. The van der Waals surface area contributed by atoms with Gasteiger partial charge in [-0.2, -0.15) is 0 Å². The van der Waals surface area contributed by atoms with E-state index in [1.54, 1.807) is 0 Å². The SMILES string of the molecule is CC(C)(C)c1cc(-c2cccc3cccc(-c4ccccc4N(c4ccc(-c5ccccc5)cc4)c4cccc(-c5ccc6c(c5)oc5ccccc56)c4)c23)cc(C(C)(C)C)c1. The molecule has 62 heavy (non-hydrogen) atoms. The summed E-state index contributed by atoms with van der Waals surface area (Å²) in [5.41, 5.74) is 17.2. The third kappa shape index (κ3) is 7.26. The maximum absolute atomic E-state index is 6.36. The van der Waals surface area contributed by atoms with E-state index in [1.165, 1.54) is 49.7 Å². The molecule has 0 aliphatic rings. The molecule has 0 spiro atoms. The molecule has 0 fully saturated rings. The second kappa shape index (κ2) is 15.4. The normalized spacial score (nSPS) is 12.0. The Morgan fingerprint density at radius 3 is 1.66 bits per heavy atom. The van der Waals surface area contributed by atoms with Crippen molar-refractivity contribution in [1.29, 1.82) is 0 Å². The molecule has 0 bridgehead atoms. The highest BCUT2D eigenvalue weighted by Gasteiger charge is 2.24. The van der Waals surface area contributed by atoms with E-state index in [1.807, 2.05) is 12.1 Å². The molecule has 0 aliphatic heterocycles. The Balaban J connectivity index is 1.17. The van der Waals surface area contributed by atoms with Crippen molar-refractivity contribution in [3.63, 3.8) is 0 Å². The molecule has 1 heterocycles. The van der Waals surface area contributed by atoms with Crippen LogP contribution < -0.4 is 4.90 Å². The number of anilines is 3. The highest BCUT2D eigenvalue weighted by Crippen LogP contribution is 2.46. The summed E-state index contributed by atoms with van der Waals surface area (Å²) in [5.74, 6) is 0. The van der Waals surface area contributed by atoms with Gasteiger partial charge in [-0.1, -0.05) is 193 Å². The fourth-order valence-electron chi connectivity index (χ4n) is 8.94. The number of hydrogen-bond acceptors (Lipinski definition) is 2. The molecule has 302 valence electrons. The number of furan rings is 1. The highest BCUT2D eigenvalue weighted by atomic mass is 16.3. The molecule has 0 saturated heterocycles. The van der Waals surface area contributed by atoms with Crippen molar-refractivity contribution in [2.45, 2.75) is 52.4 Å². The minimum absolute atomic E-state index is 0.00105. The van der Waals surface area contributed by atoms with Gasteiger partial charge in [0.2, 0.25) is 0 Å². The molecule has 2 heteroatoms. The molecule has 10 aromatic rings. The summed E-state index contributed by atoms with van der Waals surface area (Å²) in [6.07, 6.45) is 0. The van der Waals surface area contributed by atoms with Crippen LogP contribution in [0.3, 0.4) is 0 Å². The van der Waals surface area contributed by atoms with E-state index >= 15 is 0 Å². The van der Waals surface area contributed by atoms with Gasteiger partial charge in [0.05, 0.1) is 5.69 Å². The largest absolute Gasteiger partial charge is 0.456 e. The Morgan fingerprint density at radius 1 is 0.355 bits per heavy atom. The van der Waals surface area contributed by atoms with Crippen LogP contribution in [0.1, 0.15) is 52.7 Å². The van der Waals surface area contributed by atoms with Gasteiger partial charge in [0.15, 0.2) is 0 Å². The second-order valence-electron chi connectivity index (χ2n) is 18.6. The smallest absolute Gasteiger partial charge is 0.136 e. The molecule has 0 atom stereocenters. The van der Waals surface area contributed by atoms with Crippen LogP contribution in [0.15, 0.2) is 205 Å². The number of hydrogen-bond donors (Lipinski definition) is 0. The van der Waals surface area contributed by atoms with Crippen LogP contribution in [-0.2, 0) is 10.8 Å². The molecule has 1 aromatic heterocycles. The lowest BCUT2D eigenvalue weighted by Crippen LogP contribution is -2.16. The molecular weight excluding hydrogens is 751 g/mol. The first kappa shape index (κ1) is 39.0. The van der Waals surface area contributed by atoms with Gasteiger partial charge < -0.3 is 9.32 Å². The van der Waals surface area contributed by atoms with Gasteiger partial charge in [-0.15, -0.1) is 0 Å². The minimum Gasteiger partial charge on any atom is -0.456 e. The Kier molecular flexibility index (Phi) is 9.68. The van der Waals surface area contributed by atoms with Gasteiger partial charge in [0.1, 0.15) is 11.2 Å². The summed E-state index contributed by atoms with van der Waals surface area (Å²) < 4.78 is 6.36. The van der Waals surface area contributed by atoms with Crippen LogP contribution in [0, 0.1) is 0 Å². The number of benzene rings is 9. The van der Waals surface area contributed by atoms with Gasteiger partial charge in [-0.25, -0.2) is 0 Å². The summed E-state index contributed by atoms with van der Waals surface area (Å²) in [4.78, 5) is 2.42. The zero-order chi connectivity index (χ0) is 42.6. The standard InChI is InChI=1S/C60H51NO/c1-59(2,3)46-35-45(36-47(39-46)60(4,5)6)50-25-15-19-42-20-16-26-54(58(42)50)51-23-10-12-27-55(51)61(48-32-29-41(30-33-48)40-17-8-7-9-18-40)49-22-14-21-43(37-49)44-31-34-53-52-24-11-13-28-56(52)62-57(53)38-44/h7-39H,1-6H3. The first-order valence-electron chi connectivity index (χ1n) is 21.7. The third-order valence-corrected chi connectivity index (χ3v) is 12.4. The molecule has 0 aliphatic carbocycles. The van der Waals surface area contributed by atoms with Crippen molar-refractivity contribution in [2.75, 3.05) is 4.90 Å². The van der Waals surface area contributed by atoms with Gasteiger partial charge in [0, 0.05) is 27.7 Å². The molecule has 0 amide bonds. The summed E-state index contributed by atoms with van der Waals surface area (Å²) in [6, 6.07) is 73.1. The predicted molar refractivity (Wildman–Crippen MR) is 265 cm³/mol. The Hall–Kier alpha value is -7.16. The van der Waals surface area contributed by atoms with Crippen LogP contribution in [0.2, 0.25) is 0 Å². The zero-order valence-electron chi connectivity index (χ0n) is 36.4. The van der Waals surface area contributed by atoms with Crippen molar-refractivity contribution >= 4 is 49.8 Å². The van der Waals surface area contributed by atoms with E-state index in [2.05, 4.69) is 234 Å². The highest BCUT2D eigenvalue weighted by molar-refractivity contribution is 6.09. The van der Waals surface area contributed by atoms with Crippen molar-refractivity contribution in [2.24, 2.45) is 0 Å². The summed E-state index contributed by atoms with van der Waals surface area (Å²) in [7, 11) is 0. The van der Waals surface area contributed by atoms with Crippen molar-refractivity contribution < 1.29 is 4.42 Å². The Labute approximate surface area is 365 Å². The van der Waals surface area contributed by atoms with Crippen molar-refractivity contribution in [3.8, 4) is 44.5 Å². The van der Waals surface area contributed by atoms with Gasteiger partial charge in [-0.3, -0.25) is 0 Å². The number of fused-ring (bicyclic) bond motifs is 4. The van der Waals surface area contributed by atoms with Crippen LogP contribution in [-0.4, -0.2) is 0 Å². The van der Waals surface area contributed by atoms with Crippen LogP contribution in [0.4, 0.5) is 17.1 Å². The molecule has 0 N–H and O–H groups in total. The maximum atomic E-state index is 6.36. The summed E-state index contributed by atoms with van der Waals surface area (Å²) in [6.45, 7) is 13.9. The first-order chi connectivity index (χ1) is 30.0. The first-order valence-corrected chi connectivity index (χ1v) is 21.7. The molecule has 0 radical (unpaired) electrons. The predicted octanol–water partition coefficient (Wildman–Crippen LogP) is 17.5. The Morgan fingerprint density at radius 2 is 0.919 bits per heavy atom. The van der Waals surface area contributed by atoms with Gasteiger partial charge in [0.25, 0.3) is 0 Å². The van der Waals surface area contributed by atoms with Crippen molar-refractivity contribution in [1.82, 2.24) is 0 Å². The van der Waals surface area contributed by atoms with E-state index < -0.39 is 0 Å². The quantitative estimate of drug-likeness (QED) is 0.160. The zero-order valence-corrected chi connectivity index (χ0v) is 36.4. The molecule has 2 nitrogen and oxygen atoms in total. The van der Waals surface area contributed by atoms with Crippen LogP contribution in [0.25, 0.3) is 77.2 Å². The van der Waals surface area contributed by atoms with E-state index in [0.29, 0.717) is 0 Å². The molecule has 10 rings (SSSR count). The second-order valence-corrected chi connectivity index (χ2v) is 18.6. The number of nitrogens with zero attached hydrogens (tertiary/aromatic N) is 1. The number of rotatable bonds is 7. The topological polar surface area (TPSA) is 16.4 Å². The lowest BCUT2D eigenvalue weighted by atomic mass is 9.78. The Bertz CT molecular complexity index is 3210. The third-order valence-electron chi connectivity index (χ3n) is 12.4. The fourth-order valence-corrected chi connectivity index (χ4v) is 8.94. The van der Waals surface area contributed by atoms with Crippen LogP contribution >= 0.6 is 0 Å². The van der Waals surface area contributed by atoms with Crippen LogP contribution in [0.5, 0.6) is 0 Å².